The SMILES string of the molecule is COc1cc2c(cc1OC)CCN(C(=O)CCNCC1Cc3cc(OC(C)C)ccc31)CC2. The van der Waals surface area contributed by atoms with Gasteiger partial charge in [0.25, 0.3) is 0 Å². The van der Waals surface area contributed by atoms with E-state index in [1.807, 2.05) is 18.7 Å². The molecule has 33 heavy (non-hydrogen) atoms. The fraction of sp³-hybridized carbons (Fsp3) is 0.519. The maximum atomic E-state index is 12.8. The predicted molar refractivity (Wildman–Crippen MR) is 130 cm³/mol. The first-order chi connectivity index (χ1) is 16.0. The summed E-state index contributed by atoms with van der Waals surface area (Å²) in [5, 5.41) is 3.50. The zero-order valence-corrected chi connectivity index (χ0v) is 20.3. The number of hydrogen-bond acceptors (Lipinski definition) is 5. The van der Waals surface area contributed by atoms with Gasteiger partial charge in [0.05, 0.1) is 20.3 Å². The van der Waals surface area contributed by atoms with Crippen LogP contribution in [-0.4, -0.2) is 57.3 Å². The second kappa shape index (κ2) is 10.5. The van der Waals surface area contributed by atoms with E-state index in [0.717, 1.165) is 56.1 Å². The summed E-state index contributed by atoms with van der Waals surface area (Å²) < 4.78 is 16.7. The van der Waals surface area contributed by atoms with E-state index in [1.165, 1.54) is 22.3 Å². The minimum atomic E-state index is 0.196. The molecule has 0 saturated carbocycles. The smallest absolute Gasteiger partial charge is 0.223 e. The highest BCUT2D eigenvalue weighted by Crippen LogP contribution is 2.37. The van der Waals surface area contributed by atoms with Gasteiger partial charge in [0, 0.05) is 38.5 Å². The Kier molecular flexibility index (Phi) is 7.43. The summed E-state index contributed by atoms with van der Waals surface area (Å²) in [6.07, 6.45) is 3.49. The third-order valence-electron chi connectivity index (χ3n) is 6.66. The zero-order chi connectivity index (χ0) is 23.4. The lowest BCUT2D eigenvalue weighted by Gasteiger charge is -2.31. The lowest BCUT2D eigenvalue weighted by Crippen LogP contribution is -2.36. The molecule has 1 heterocycles. The number of carbonyl (C=O) groups is 1. The van der Waals surface area contributed by atoms with E-state index < -0.39 is 0 Å². The Balaban J connectivity index is 1.21. The van der Waals surface area contributed by atoms with Gasteiger partial charge in [-0.1, -0.05) is 6.07 Å². The Morgan fingerprint density at radius 1 is 1.03 bits per heavy atom. The first kappa shape index (κ1) is 23.4. The molecule has 6 nitrogen and oxygen atoms in total. The van der Waals surface area contributed by atoms with Crippen molar-refractivity contribution in [3.8, 4) is 17.2 Å². The van der Waals surface area contributed by atoms with Crippen LogP contribution in [0, 0.1) is 0 Å². The summed E-state index contributed by atoms with van der Waals surface area (Å²) in [5.74, 6) is 3.21. The van der Waals surface area contributed by atoms with Gasteiger partial charge in [-0.05, 0) is 79.6 Å². The summed E-state index contributed by atoms with van der Waals surface area (Å²) >= 11 is 0. The summed E-state index contributed by atoms with van der Waals surface area (Å²) in [7, 11) is 3.31. The van der Waals surface area contributed by atoms with Crippen molar-refractivity contribution in [1.82, 2.24) is 10.2 Å². The van der Waals surface area contributed by atoms with Gasteiger partial charge in [-0.25, -0.2) is 0 Å². The molecule has 1 atom stereocenters. The number of nitrogens with one attached hydrogen (secondary N) is 1. The van der Waals surface area contributed by atoms with Gasteiger partial charge in [0.15, 0.2) is 11.5 Å². The summed E-state index contributed by atoms with van der Waals surface area (Å²) in [4.78, 5) is 14.8. The summed E-state index contributed by atoms with van der Waals surface area (Å²) in [6, 6.07) is 10.5. The molecule has 0 fully saturated rings. The van der Waals surface area contributed by atoms with Gasteiger partial charge < -0.3 is 24.4 Å². The highest BCUT2D eigenvalue weighted by Gasteiger charge is 2.26. The number of methoxy groups -OCH3 is 2. The molecule has 0 spiro atoms. The monoisotopic (exact) mass is 452 g/mol. The molecule has 1 aliphatic carbocycles. The molecule has 0 saturated heterocycles. The van der Waals surface area contributed by atoms with Crippen molar-refractivity contribution in [2.75, 3.05) is 40.4 Å². The van der Waals surface area contributed by atoms with Crippen LogP contribution < -0.4 is 19.5 Å². The minimum absolute atomic E-state index is 0.196. The van der Waals surface area contributed by atoms with Crippen molar-refractivity contribution >= 4 is 5.91 Å². The molecular weight excluding hydrogens is 416 g/mol. The van der Waals surface area contributed by atoms with Gasteiger partial charge in [0.1, 0.15) is 5.75 Å². The Labute approximate surface area is 197 Å². The number of fused-ring (bicyclic) bond motifs is 2. The highest BCUT2D eigenvalue weighted by atomic mass is 16.5. The molecule has 2 aromatic rings. The maximum Gasteiger partial charge on any atom is 0.223 e. The summed E-state index contributed by atoms with van der Waals surface area (Å²) in [6.45, 7) is 7.22. The van der Waals surface area contributed by atoms with Gasteiger partial charge in [-0.15, -0.1) is 0 Å². The Morgan fingerprint density at radius 2 is 1.70 bits per heavy atom. The van der Waals surface area contributed by atoms with Crippen LogP contribution in [0.1, 0.15) is 48.4 Å². The van der Waals surface area contributed by atoms with Crippen molar-refractivity contribution < 1.29 is 19.0 Å². The number of ether oxygens (including phenoxy) is 3. The first-order valence-electron chi connectivity index (χ1n) is 12.0. The molecule has 2 aromatic carbocycles. The molecule has 1 aliphatic heterocycles. The van der Waals surface area contributed by atoms with Crippen LogP contribution in [0.25, 0.3) is 0 Å². The number of carbonyl (C=O) groups excluding carboxylic acids is 1. The second-order valence-electron chi connectivity index (χ2n) is 9.24. The zero-order valence-electron chi connectivity index (χ0n) is 20.3. The first-order valence-corrected chi connectivity index (χ1v) is 12.0. The van der Waals surface area contributed by atoms with Crippen molar-refractivity contribution in [3.05, 3.63) is 52.6 Å². The van der Waals surface area contributed by atoms with E-state index in [1.54, 1.807) is 14.2 Å². The van der Waals surface area contributed by atoms with E-state index in [0.29, 0.717) is 18.9 Å². The van der Waals surface area contributed by atoms with Crippen LogP contribution in [-0.2, 0) is 24.1 Å². The number of hydrogen-bond donors (Lipinski definition) is 1. The lowest BCUT2D eigenvalue weighted by atomic mass is 9.77. The van der Waals surface area contributed by atoms with E-state index in [2.05, 4.69) is 35.6 Å². The molecule has 4 rings (SSSR count). The Hall–Kier alpha value is -2.73. The van der Waals surface area contributed by atoms with Gasteiger partial charge in [-0.3, -0.25) is 4.79 Å². The molecule has 1 unspecified atom stereocenters. The molecule has 0 radical (unpaired) electrons. The van der Waals surface area contributed by atoms with Crippen molar-refractivity contribution in [2.24, 2.45) is 0 Å². The fourth-order valence-corrected chi connectivity index (χ4v) is 4.86. The molecule has 178 valence electrons. The van der Waals surface area contributed by atoms with E-state index >= 15 is 0 Å². The van der Waals surface area contributed by atoms with Crippen LogP contribution in [0.4, 0.5) is 0 Å². The Bertz CT molecular complexity index is 953. The van der Waals surface area contributed by atoms with Gasteiger partial charge in [-0.2, -0.15) is 0 Å². The number of nitrogens with zero attached hydrogens (tertiary/aromatic N) is 1. The van der Waals surface area contributed by atoms with E-state index in [9.17, 15) is 4.79 Å². The average Bonchev–Trinajstić information content (AvgIpc) is 3.00. The fourth-order valence-electron chi connectivity index (χ4n) is 4.86. The molecule has 6 heteroatoms. The van der Waals surface area contributed by atoms with Crippen LogP contribution in [0.3, 0.4) is 0 Å². The average molecular weight is 453 g/mol. The number of rotatable bonds is 9. The predicted octanol–water partition coefficient (Wildman–Crippen LogP) is 3.74. The van der Waals surface area contributed by atoms with E-state index in [-0.39, 0.29) is 12.0 Å². The van der Waals surface area contributed by atoms with Crippen molar-refractivity contribution in [1.29, 1.82) is 0 Å². The topological polar surface area (TPSA) is 60.0 Å². The minimum Gasteiger partial charge on any atom is -0.493 e. The summed E-state index contributed by atoms with van der Waals surface area (Å²) in [5.41, 5.74) is 5.27. The van der Waals surface area contributed by atoms with Crippen LogP contribution in [0.15, 0.2) is 30.3 Å². The van der Waals surface area contributed by atoms with Crippen molar-refractivity contribution in [3.63, 3.8) is 0 Å². The number of amides is 1. The number of benzene rings is 2. The maximum absolute atomic E-state index is 12.8. The standard InChI is InChI=1S/C27H36N2O4/c1-18(2)33-23-5-6-24-21(14-23)13-22(24)17-28-10-7-27(30)29-11-8-19-15-25(31-3)26(32-4)16-20(19)9-12-29/h5-6,14-16,18,22,28H,7-13,17H2,1-4H3. The molecule has 2 aliphatic rings. The normalized spacial score (nSPS) is 17.0. The van der Waals surface area contributed by atoms with Gasteiger partial charge in [0.2, 0.25) is 5.91 Å². The van der Waals surface area contributed by atoms with Gasteiger partial charge >= 0.3 is 0 Å². The van der Waals surface area contributed by atoms with Crippen LogP contribution in [0.2, 0.25) is 0 Å². The van der Waals surface area contributed by atoms with E-state index in [4.69, 9.17) is 14.2 Å². The third kappa shape index (κ3) is 5.44. The Morgan fingerprint density at radius 3 is 2.27 bits per heavy atom. The quantitative estimate of drug-likeness (QED) is 0.588. The molecule has 1 N–H and O–H groups in total. The largest absolute Gasteiger partial charge is 0.493 e. The van der Waals surface area contributed by atoms with Crippen molar-refractivity contribution in [2.45, 2.75) is 51.6 Å². The molecule has 1 amide bonds. The van der Waals surface area contributed by atoms with Crippen LogP contribution >= 0.6 is 0 Å². The second-order valence-corrected chi connectivity index (χ2v) is 9.24. The highest BCUT2D eigenvalue weighted by molar-refractivity contribution is 5.76. The molecule has 0 bridgehead atoms. The van der Waals surface area contributed by atoms with Crippen LogP contribution in [0.5, 0.6) is 17.2 Å². The lowest BCUT2D eigenvalue weighted by molar-refractivity contribution is -0.131. The molecule has 0 aromatic heterocycles. The third-order valence-corrected chi connectivity index (χ3v) is 6.66. The molecular formula is C27H36N2O4.